The lowest BCUT2D eigenvalue weighted by atomic mass is 9.81. The minimum Gasteiger partial charge on any atom is -0.497 e. The molecule has 9 heteroatoms. The van der Waals surface area contributed by atoms with Gasteiger partial charge >= 0.3 is 5.97 Å². The molecule has 0 saturated carbocycles. The normalized spacial score (nSPS) is 19.9. The maximum atomic E-state index is 12.0. The lowest BCUT2D eigenvalue weighted by Crippen LogP contribution is -2.44. The molecule has 182 valence electrons. The van der Waals surface area contributed by atoms with Gasteiger partial charge in [-0.25, -0.2) is 0 Å². The average molecular weight is 521 g/mol. The summed E-state index contributed by atoms with van der Waals surface area (Å²) >= 11 is 9.52. The highest BCUT2D eigenvalue weighted by atomic mass is 35.5. The van der Waals surface area contributed by atoms with Crippen LogP contribution in [0.25, 0.3) is 10.9 Å². The van der Waals surface area contributed by atoms with Crippen molar-refractivity contribution < 1.29 is 19.7 Å². The molecule has 0 aliphatic carbocycles. The number of aliphatic hydroxyl groups excluding tert-OH is 1. The first-order valence-electron chi connectivity index (χ1n) is 11.4. The van der Waals surface area contributed by atoms with Crippen molar-refractivity contribution in [3.05, 3.63) is 52.5 Å². The minimum absolute atomic E-state index is 0.0467. The number of nitrogens with zero attached hydrogens (tertiary/aromatic N) is 2. The number of rotatable bonds is 10. The Morgan fingerprint density at radius 2 is 2.24 bits per heavy atom. The summed E-state index contributed by atoms with van der Waals surface area (Å²) in [6.07, 6.45) is 3.01. The zero-order chi connectivity index (χ0) is 24.1. The fourth-order valence-corrected chi connectivity index (χ4v) is 7.01. The van der Waals surface area contributed by atoms with Gasteiger partial charge in [0.2, 0.25) is 0 Å². The summed E-state index contributed by atoms with van der Waals surface area (Å²) in [5, 5.41) is 24.5. The number of hydrogen-bond acceptors (Lipinski definition) is 7. The summed E-state index contributed by atoms with van der Waals surface area (Å²) in [6, 6.07) is 9.36. The lowest BCUT2D eigenvalue weighted by Gasteiger charge is -2.36. The minimum atomic E-state index is -0.753. The maximum absolute atomic E-state index is 12.0. The number of carbonyl (C=O) groups is 1. The van der Waals surface area contributed by atoms with Gasteiger partial charge in [-0.2, -0.15) is 0 Å². The maximum Gasteiger partial charge on any atom is 0.308 e. The molecule has 3 heterocycles. The molecule has 1 aliphatic heterocycles. The SMILES string of the molecule is COc1ccc2nccc(C(O)CC[C@@H]3CCN(CCSc4sccc4Cl)C[C@@H]3C(=O)O)c2c1. The van der Waals surface area contributed by atoms with E-state index in [2.05, 4.69) is 9.88 Å². The van der Waals surface area contributed by atoms with Crippen LogP contribution < -0.4 is 4.74 Å². The van der Waals surface area contributed by atoms with E-state index in [1.807, 2.05) is 35.7 Å². The largest absolute Gasteiger partial charge is 0.497 e. The standard InChI is InChI=1S/C25H29ClN2O4S2/c1-32-17-3-4-22-19(14-17)18(6-9-27-22)23(29)5-2-16-7-10-28(15-20(16)24(30)31)11-13-34-25-21(26)8-12-33-25/h3-4,6,8-9,12,14,16,20,23,29H,2,5,7,10-11,13,15H2,1H3,(H,30,31)/t16-,20+,23?/m1/s1. The summed E-state index contributed by atoms with van der Waals surface area (Å²) < 4.78 is 6.44. The van der Waals surface area contributed by atoms with E-state index < -0.39 is 18.0 Å². The fraction of sp³-hybridized carbons (Fsp3) is 0.440. The highest BCUT2D eigenvalue weighted by Gasteiger charge is 2.34. The van der Waals surface area contributed by atoms with Crippen LogP contribution in [-0.2, 0) is 4.79 Å². The number of piperidine rings is 1. The van der Waals surface area contributed by atoms with E-state index in [-0.39, 0.29) is 5.92 Å². The molecule has 3 atom stereocenters. The predicted molar refractivity (Wildman–Crippen MR) is 138 cm³/mol. The Balaban J connectivity index is 1.34. The molecular weight excluding hydrogens is 492 g/mol. The van der Waals surface area contributed by atoms with Crippen LogP contribution in [-0.4, -0.2) is 58.6 Å². The Kier molecular flexibility index (Phi) is 8.71. The third kappa shape index (κ3) is 6.04. The van der Waals surface area contributed by atoms with Gasteiger partial charge in [0.25, 0.3) is 0 Å². The number of thioether (sulfide) groups is 1. The van der Waals surface area contributed by atoms with Crippen LogP contribution in [0.15, 0.2) is 46.1 Å². The first-order chi connectivity index (χ1) is 16.5. The number of thiophene rings is 1. The molecule has 0 bridgehead atoms. The molecule has 1 fully saturated rings. The van der Waals surface area contributed by atoms with E-state index in [4.69, 9.17) is 16.3 Å². The monoisotopic (exact) mass is 520 g/mol. The summed E-state index contributed by atoms with van der Waals surface area (Å²) in [5.74, 6) is 0.467. The zero-order valence-electron chi connectivity index (χ0n) is 19.0. The molecule has 1 aliphatic rings. The van der Waals surface area contributed by atoms with Crippen LogP contribution in [0.5, 0.6) is 5.75 Å². The number of aromatic nitrogens is 1. The van der Waals surface area contributed by atoms with E-state index in [1.165, 1.54) is 0 Å². The molecule has 1 saturated heterocycles. The first-order valence-corrected chi connectivity index (χ1v) is 13.6. The highest BCUT2D eigenvalue weighted by molar-refractivity contribution is 8.01. The van der Waals surface area contributed by atoms with Crippen molar-refractivity contribution in [3.63, 3.8) is 0 Å². The van der Waals surface area contributed by atoms with Crippen molar-refractivity contribution in [2.24, 2.45) is 11.8 Å². The van der Waals surface area contributed by atoms with Crippen molar-refractivity contribution >= 4 is 51.6 Å². The van der Waals surface area contributed by atoms with Crippen LogP contribution in [0.1, 0.15) is 30.9 Å². The van der Waals surface area contributed by atoms with Crippen LogP contribution in [0.4, 0.5) is 0 Å². The van der Waals surface area contributed by atoms with Gasteiger partial charge in [0.1, 0.15) is 5.75 Å². The van der Waals surface area contributed by atoms with Crippen LogP contribution >= 0.6 is 34.7 Å². The quantitative estimate of drug-likeness (QED) is 0.337. The molecule has 3 aromatic rings. The molecule has 34 heavy (non-hydrogen) atoms. The van der Waals surface area contributed by atoms with Gasteiger partial charge in [-0.15, -0.1) is 23.1 Å². The number of carboxylic acid groups (broad SMARTS) is 1. The van der Waals surface area contributed by atoms with Crippen LogP contribution in [0.3, 0.4) is 0 Å². The van der Waals surface area contributed by atoms with Gasteiger partial charge in [0.15, 0.2) is 0 Å². The van der Waals surface area contributed by atoms with Gasteiger partial charge in [0, 0.05) is 30.4 Å². The first kappa shape index (κ1) is 25.3. The number of aliphatic carboxylic acids is 1. The molecule has 2 N–H and O–H groups in total. The van der Waals surface area contributed by atoms with Gasteiger partial charge < -0.3 is 19.8 Å². The van der Waals surface area contributed by atoms with E-state index in [9.17, 15) is 15.0 Å². The zero-order valence-corrected chi connectivity index (χ0v) is 21.4. The summed E-state index contributed by atoms with van der Waals surface area (Å²) in [4.78, 5) is 18.7. The third-order valence-electron chi connectivity index (χ3n) is 6.53. The molecule has 0 spiro atoms. The topological polar surface area (TPSA) is 82.9 Å². The number of hydrogen-bond donors (Lipinski definition) is 2. The fourth-order valence-electron chi connectivity index (χ4n) is 4.64. The Bertz CT molecular complexity index is 1130. The second kappa shape index (κ2) is 11.7. The van der Waals surface area contributed by atoms with E-state index in [0.717, 1.165) is 51.0 Å². The van der Waals surface area contributed by atoms with Crippen molar-refractivity contribution in [2.75, 3.05) is 32.5 Å². The van der Waals surface area contributed by atoms with Crippen molar-refractivity contribution in [1.29, 1.82) is 0 Å². The number of aliphatic hydroxyl groups is 1. The summed E-state index contributed by atoms with van der Waals surface area (Å²) in [7, 11) is 1.61. The lowest BCUT2D eigenvalue weighted by molar-refractivity contribution is -0.146. The molecule has 0 radical (unpaired) electrons. The smallest absolute Gasteiger partial charge is 0.308 e. The van der Waals surface area contributed by atoms with E-state index >= 15 is 0 Å². The molecule has 6 nitrogen and oxygen atoms in total. The number of fused-ring (bicyclic) bond motifs is 1. The van der Waals surface area contributed by atoms with Crippen molar-refractivity contribution in [2.45, 2.75) is 29.6 Å². The van der Waals surface area contributed by atoms with E-state index in [0.29, 0.717) is 25.1 Å². The number of benzene rings is 1. The highest BCUT2D eigenvalue weighted by Crippen LogP contribution is 2.35. The Morgan fingerprint density at radius 3 is 2.97 bits per heavy atom. The third-order valence-corrected chi connectivity index (χ3v) is 9.29. The van der Waals surface area contributed by atoms with Crippen LogP contribution in [0, 0.1) is 11.8 Å². The van der Waals surface area contributed by atoms with Crippen molar-refractivity contribution in [1.82, 2.24) is 9.88 Å². The number of methoxy groups -OCH3 is 1. The summed E-state index contributed by atoms with van der Waals surface area (Å²) in [5.41, 5.74) is 1.60. The van der Waals surface area contributed by atoms with Gasteiger partial charge in [0.05, 0.1) is 33.9 Å². The molecular formula is C25H29ClN2O4S2. The van der Waals surface area contributed by atoms with E-state index in [1.54, 1.807) is 36.4 Å². The summed E-state index contributed by atoms with van der Waals surface area (Å²) in [6.45, 7) is 2.26. The molecule has 1 aromatic carbocycles. The Hall–Kier alpha value is -1.84. The van der Waals surface area contributed by atoms with Gasteiger partial charge in [-0.05, 0) is 73.0 Å². The second-order valence-corrected chi connectivity index (χ2v) is 11.3. The van der Waals surface area contributed by atoms with Gasteiger partial charge in [-0.3, -0.25) is 9.78 Å². The number of ether oxygens (including phenoxy) is 1. The molecule has 0 amide bonds. The molecule has 2 aromatic heterocycles. The average Bonchev–Trinajstić information content (AvgIpc) is 3.26. The predicted octanol–water partition coefficient (Wildman–Crippen LogP) is 5.59. The number of pyridine rings is 1. The number of halogens is 1. The Morgan fingerprint density at radius 1 is 1.38 bits per heavy atom. The Labute approximate surface area is 212 Å². The number of carboxylic acids is 1. The van der Waals surface area contributed by atoms with Crippen LogP contribution in [0.2, 0.25) is 5.02 Å². The number of likely N-dealkylation sites (tertiary alicyclic amines) is 1. The molecule has 4 rings (SSSR count). The van der Waals surface area contributed by atoms with Gasteiger partial charge in [-0.1, -0.05) is 11.6 Å². The van der Waals surface area contributed by atoms with Crippen molar-refractivity contribution in [3.8, 4) is 5.75 Å². The second-order valence-electron chi connectivity index (χ2n) is 8.57. The molecule has 1 unspecified atom stereocenters.